The van der Waals surface area contributed by atoms with Gasteiger partial charge in [-0.3, -0.25) is 4.79 Å². The summed E-state index contributed by atoms with van der Waals surface area (Å²) in [5, 5.41) is 9.13. The lowest BCUT2D eigenvalue weighted by molar-refractivity contribution is -0.162. The van der Waals surface area contributed by atoms with E-state index in [4.69, 9.17) is 5.11 Å². The van der Waals surface area contributed by atoms with E-state index in [0.29, 0.717) is 0 Å². The minimum atomic E-state index is -5.28. The van der Waals surface area contributed by atoms with Crippen molar-refractivity contribution in [2.45, 2.75) is 19.3 Å². The summed E-state index contributed by atoms with van der Waals surface area (Å²) in [7, 11) is 0. The molecule has 2 nitrogen and oxygen atoms in total. The number of halogens is 6. The van der Waals surface area contributed by atoms with Crippen molar-refractivity contribution in [2.24, 2.45) is 0 Å². The van der Waals surface area contributed by atoms with Crippen LogP contribution in [0.3, 0.4) is 0 Å². The molecular weight excluding hydrogens is 266 g/mol. The van der Waals surface area contributed by atoms with E-state index in [1.54, 1.807) is 0 Å². The van der Waals surface area contributed by atoms with Crippen LogP contribution in [0.25, 0.3) is 0 Å². The number of benzene rings is 1. The van der Waals surface area contributed by atoms with Gasteiger partial charge in [0.15, 0.2) is 5.78 Å². The van der Waals surface area contributed by atoms with Gasteiger partial charge in [0.05, 0.1) is 16.7 Å². The molecule has 0 heterocycles. The number of hydrogen-bond acceptors (Lipinski definition) is 2. The number of phenols is 1. The fourth-order valence-electron chi connectivity index (χ4n) is 1.34. The molecule has 1 rings (SSSR count). The third kappa shape index (κ3) is 2.74. The number of rotatable bonds is 1. The summed E-state index contributed by atoms with van der Waals surface area (Å²) >= 11 is 0. The first-order valence-corrected chi connectivity index (χ1v) is 4.47. The number of carbonyl (C=O) groups excluding carboxylic acids is 1. The highest BCUT2D eigenvalue weighted by molar-refractivity contribution is 5.97. The predicted octanol–water partition coefficient (Wildman–Crippen LogP) is 3.63. The van der Waals surface area contributed by atoms with E-state index < -0.39 is 40.6 Å². The van der Waals surface area contributed by atoms with Crippen molar-refractivity contribution in [3.63, 3.8) is 0 Å². The van der Waals surface area contributed by atoms with E-state index in [-0.39, 0.29) is 12.1 Å². The Kier molecular flexibility index (Phi) is 3.33. The molecule has 0 aliphatic heterocycles. The SMILES string of the molecule is CC(=O)c1cc(C(F)(F)F)c(C(F)(F)F)cc1O. The van der Waals surface area contributed by atoms with Crippen LogP contribution in [-0.2, 0) is 12.4 Å². The van der Waals surface area contributed by atoms with Gasteiger partial charge in [-0.05, 0) is 19.1 Å². The molecule has 1 aromatic rings. The third-order valence-corrected chi connectivity index (χ3v) is 2.13. The number of alkyl halides is 6. The summed E-state index contributed by atoms with van der Waals surface area (Å²) < 4.78 is 74.6. The maximum Gasteiger partial charge on any atom is 0.417 e. The van der Waals surface area contributed by atoms with Crippen LogP contribution in [-0.4, -0.2) is 10.9 Å². The van der Waals surface area contributed by atoms with E-state index >= 15 is 0 Å². The Morgan fingerprint density at radius 1 is 1.00 bits per heavy atom. The van der Waals surface area contributed by atoms with Crippen LogP contribution < -0.4 is 0 Å². The summed E-state index contributed by atoms with van der Waals surface area (Å²) in [6.07, 6.45) is -10.6. The number of carbonyl (C=O) groups is 1. The Labute approximate surface area is 96.8 Å². The molecule has 0 aliphatic rings. The van der Waals surface area contributed by atoms with E-state index in [1.165, 1.54) is 0 Å². The van der Waals surface area contributed by atoms with Gasteiger partial charge in [0.2, 0.25) is 0 Å². The van der Waals surface area contributed by atoms with Crippen molar-refractivity contribution in [1.29, 1.82) is 0 Å². The van der Waals surface area contributed by atoms with Crippen LogP contribution in [0.5, 0.6) is 5.75 Å². The third-order valence-electron chi connectivity index (χ3n) is 2.13. The van der Waals surface area contributed by atoms with Gasteiger partial charge in [-0.2, -0.15) is 26.3 Å². The van der Waals surface area contributed by atoms with E-state index in [1.807, 2.05) is 0 Å². The zero-order valence-electron chi connectivity index (χ0n) is 8.78. The first kappa shape index (κ1) is 14.3. The molecule has 100 valence electrons. The van der Waals surface area contributed by atoms with Gasteiger partial charge >= 0.3 is 12.4 Å². The maximum absolute atomic E-state index is 12.5. The van der Waals surface area contributed by atoms with Crippen molar-refractivity contribution in [1.82, 2.24) is 0 Å². The minimum Gasteiger partial charge on any atom is -0.507 e. The van der Waals surface area contributed by atoms with Gasteiger partial charge in [0.25, 0.3) is 0 Å². The summed E-state index contributed by atoms with van der Waals surface area (Å²) in [6, 6.07) is -0.0972. The second-order valence-electron chi connectivity index (χ2n) is 3.47. The van der Waals surface area contributed by atoms with Gasteiger partial charge in [0, 0.05) is 0 Å². The second-order valence-corrected chi connectivity index (χ2v) is 3.47. The van der Waals surface area contributed by atoms with E-state index in [9.17, 15) is 31.1 Å². The average Bonchev–Trinajstić information content (AvgIpc) is 2.13. The van der Waals surface area contributed by atoms with Crippen molar-refractivity contribution in [3.05, 3.63) is 28.8 Å². The van der Waals surface area contributed by atoms with Crippen LogP contribution in [0.1, 0.15) is 28.4 Å². The summed E-state index contributed by atoms with van der Waals surface area (Å²) in [5.41, 5.74) is -4.84. The predicted molar refractivity (Wildman–Crippen MR) is 48.1 cm³/mol. The zero-order chi connectivity index (χ0) is 14.3. The fourth-order valence-corrected chi connectivity index (χ4v) is 1.34. The second kappa shape index (κ2) is 4.18. The lowest BCUT2D eigenvalue weighted by Crippen LogP contribution is -2.17. The van der Waals surface area contributed by atoms with Gasteiger partial charge < -0.3 is 5.11 Å². The highest BCUT2D eigenvalue weighted by atomic mass is 19.4. The van der Waals surface area contributed by atoms with Crippen LogP contribution >= 0.6 is 0 Å². The first-order valence-electron chi connectivity index (χ1n) is 4.47. The van der Waals surface area contributed by atoms with E-state index in [2.05, 4.69) is 0 Å². The summed E-state index contributed by atoms with van der Waals surface area (Å²) in [5.74, 6) is -2.10. The normalized spacial score (nSPS) is 12.6. The molecule has 0 atom stereocenters. The average molecular weight is 272 g/mol. The van der Waals surface area contributed by atoms with Crippen LogP contribution in [0.4, 0.5) is 26.3 Å². The lowest BCUT2D eigenvalue weighted by atomic mass is 10.00. The van der Waals surface area contributed by atoms with Gasteiger partial charge in [0.1, 0.15) is 5.75 Å². The molecule has 0 bridgehead atoms. The summed E-state index contributed by atoms with van der Waals surface area (Å²) in [4.78, 5) is 10.9. The molecule has 1 N–H and O–H groups in total. The Hall–Kier alpha value is -1.73. The topological polar surface area (TPSA) is 37.3 Å². The molecule has 18 heavy (non-hydrogen) atoms. The number of ketones is 1. The lowest BCUT2D eigenvalue weighted by Gasteiger charge is -2.17. The van der Waals surface area contributed by atoms with Crippen molar-refractivity contribution in [2.75, 3.05) is 0 Å². The van der Waals surface area contributed by atoms with Crippen molar-refractivity contribution >= 4 is 5.78 Å². The molecule has 1 aromatic carbocycles. The molecule has 0 saturated carbocycles. The molecule has 0 aromatic heterocycles. The van der Waals surface area contributed by atoms with Gasteiger partial charge in [-0.25, -0.2) is 0 Å². The Bertz CT molecular complexity index is 486. The number of hydrogen-bond donors (Lipinski definition) is 1. The maximum atomic E-state index is 12.5. The molecule has 0 spiro atoms. The zero-order valence-corrected chi connectivity index (χ0v) is 8.78. The Morgan fingerprint density at radius 3 is 1.72 bits per heavy atom. The van der Waals surface area contributed by atoms with Crippen LogP contribution in [0.2, 0.25) is 0 Å². The van der Waals surface area contributed by atoms with Gasteiger partial charge in [-0.1, -0.05) is 0 Å². The molecule has 8 heteroatoms. The first-order chi connectivity index (χ1) is 7.94. The molecule has 0 unspecified atom stereocenters. The van der Waals surface area contributed by atoms with Crippen LogP contribution in [0.15, 0.2) is 12.1 Å². The van der Waals surface area contributed by atoms with Crippen LogP contribution in [0, 0.1) is 0 Å². The molecule has 0 amide bonds. The Balaban J connectivity index is 3.64. The molecule has 0 aliphatic carbocycles. The molecule has 0 saturated heterocycles. The van der Waals surface area contributed by atoms with Crippen molar-refractivity contribution < 1.29 is 36.2 Å². The molecule has 0 fully saturated rings. The number of aromatic hydroxyl groups is 1. The largest absolute Gasteiger partial charge is 0.507 e. The number of Topliss-reactive ketones (excluding diaryl/α,β-unsaturated/α-hetero) is 1. The quantitative estimate of drug-likeness (QED) is 0.626. The minimum absolute atomic E-state index is 0.000486. The highest BCUT2D eigenvalue weighted by Gasteiger charge is 2.44. The molecular formula is C10H6F6O2. The monoisotopic (exact) mass is 272 g/mol. The molecule has 0 radical (unpaired) electrons. The smallest absolute Gasteiger partial charge is 0.417 e. The standard InChI is InChI=1S/C10H6F6O2/c1-4(17)5-2-6(9(11,12)13)7(3-8(5)18)10(14,15)16/h2-3,18H,1H3. The number of phenolic OH excluding ortho intramolecular Hbond substituents is 1. The van der Waals surface area contributed by atoms with Gasteiger partial charge in [-0.15, -0.1) is 0 Å². The fraction of sp³-hybridized carbons (Fsp3) is 0.300. The summed E-state index contributed by atoms with van der Waals surface area (Å²) in [6.45, 7) is 0.836. The highest BCUT2D eigenvalue weighted by Crippen LogP contribution is 2.42. The van der Waals surface area contributed by atoms with E-state index in [0.717, 1.165) is 6.92 Å². The van der Waals surface area contributed by atoms with Crippen molar-refractivity contribution in [3.8, 4) is 5.75 Å². The Morgan fingerprint density at radius 2 is 1.39 bits per heavy atom.